The van der Waals surface area contributed by atoms with E-state index in [1.807, 2.05) is 24.3 Å². The van der Waals surface area contributed by atoms with Crippen molar-refractivity contribution in [2.75, 3.05) is 26.7 Å². The monoisotopic (exact) mass is 370 g/mol. The predicted molar refractivity (Wildman–Crippen MR) is 96.3 cm³/mol. The van der Waals surface area contributed by atoms with Crippen molar-refractivity contribution in [1.82, 2.24) is 10.2 Å². The molecule has 1 unspecified atom stereocenters. The highest BCUT2D eigenvalue weighted by molar-refractivity contribution is 6.31. The molecule has 1 aliphatic heterocycles. The summed E-state index contributed by atoms with van der Waals surface area (Å²) in [6.07, 6.45) is 1.37. The van der Waals surface area contributed by atoms with E-state index in [0.717, 1.165) is 30.2 Å². The van der Waals surface area contributed by atoms with E-state index in [1.165, 1.54) is 19.4 Å². The average molecular weight is 371 g/mol. The molecule has 2 heterocycles. The third kappa shape index (κ3) is 4.11. The molecule has 1 aromatic carbocycles. The number of methoxy groups -OCH3 is 1. The Labute approximate surface area is 152 Å². The summed E-state index contributed by atoms with van der Waals surface area (Å²) in [5.41, 5.74) is 0.912. The van der Waals surface area contributed by atoms with E-state index in [2.05, 4.69) is 10.2 Å². The van der Waals surface area contributed by atoms with Gasteiger partial charge in [0.1, 0.15) is 12.0 Å². The van der Waals surface area contributed by atoms with Gasteiger partial charge in [-0.3, -0.25) is 9.69 Å². The summed E-state index contributed by atoms with van der Waals surface area (Å²) in [6, 6.07) is 9.49. The van der Waals surface area contributed by atoms with Crippen LogP contribution in [0.1, 0.15) is 17.4 Å². The standard InChI is InChI=1S/C17H19ClN2O3.ClH/c1-22-17-11-23-12(8-16(17)21)10-20-7-6-19-9-15(20)13-4-2-3-5-14(13)18;/h2-5,8,11,15,19H,6-7,9-10H2,1H3;1H. The number of benzene rings is 1. The van der Waals surface area contributed by atoms with Crippen LogP contribution in [0.25, 0.3) is 0 Å². The number of hydrogen-bond donors (Lipinski definition) is 1. The van der Waals surface area contributed by atoms with Crippen molar-refractivity contribution in [1.29, 1.82) is 0 Å². The number of hydrogen-bond acceptors (Lipinski definition) is 5. The SMILES string of the molecule is COc1coc(CN2CCNCC2c2ccccc2Cl)cc1=O.Cl. The fraction of sp³-hybridized carbons (Fsp3) is 0.353. The van der Waals surface area contributed by atoms with Crippen molar-refractivity contribution in [2.24, 2.45) is 0 Å². The highest BCUT2D eigenvalue weighted by atomic mass is 35.5. The fourth-order valence-corrected chi connectivity index (χ4v) is 3.12. The Morgan fingerprint density at radius 1 is 1.42 bits per heavy atom. The van der Waals surface area contributed by atoms with Gasteiger partial charge in [0.25, 0.3) is 0 Å². The normalized spacial score (nSPS) is 18.0. The van der Waals surface area contributed by atoms with Crippen molar-refractivity contribution in [3.8, 4) is 5.75 Å². The Morgan fingerprint density at radius 2 is 2.21 bits per heavy atom. The summed E-state index contributed by atoms with van der Waals surface area (Å²) >= 11 is 6.35. The van der Waals surface area contributed by atoms with Gasteiger partial charge in [-0.1, -0.05) is 29.8 Å². The first-order valence-electron chi connectivity index (χ1n) is 7.54. The lowest BCUT2D eigenvalue weighted by Crippen LogP contribution is -2.45. The number of nitrogens with one attached hydrogen (secondary N) is 1. The molecule has 0 bridgehead atoms. The Hall–Kier alpha value is -1.53. The van der Waals surface area contributed by atoms with Crippen LogP contribution in [0.4, 0.5) is 0 Å². The van der Waals surface area contributed by atoms with Gasteiger partial charge >= 0.3 is 0 Å². The van der Waals surface area contributed by atoms with Crippen LogP contribution in [0.2, 0.25) is 5.02 Å². The van der Waals surface area contributed by atoms with E-state index in [-0.39, 0.29) is 29.6 Å². The molecule has 1 N–H and O–H groups in total. The molecule has 0 saturated carbocycles. The van der Waals surface area contributed by atoms with E-state index in [0.29, 0.717) is 12.3 Å². The fourth-order valence-electron chi connectivity index (χ4n) is 2.86. The van der Waals surface area contributed by atoms with E-state index in [9.17, 15) is 4.79 Å². The number of nitrogens with zero attached hydrogens (tertiary/aromatic N) is 1. The molecule has 3 rings (SSSR count). The van der Waals surface area contributed by atoms with Crippen LogP contribution in [-0.4, -0.2) is 31.6 Å². The second-order valence-electron chi connectivity index (χ2n) is 5.49. The molecule has 0 amide bonds. The van der Waals surface area contributed by atoms with E-state index < -0.39 is 0 Å². The maximum Gasteiger partial charge on any atom is 0.227 e. The minimum atomic E-state index is -0.168. The number of rotatable bonds is 4. The minimum absolute atomic E-state index is 0. The van der Waals surface area contributed by atoms with Crippen molar-refractivity contribution < 1.29 is 9.15 Å². The molecule has 24 heavy (non-hydrogen) atoms. The van der Waals surface area contributed by atoms with E-state index in [1.54, 1.807) is 0 Å². The molecular formula is C17H20Cl2N2O3. The average Bonchev–Trinajstić information content (AvgIpc) is 2.56. The van der Waals surface area contributed by atoms with Gasteiger partial charge in [0.15, 0.2) is 0 Å². The maximum absolute atomic E-state index is 11.9. The molecule has 5 nitrogen and oxygen atoms in total. The zero-order valence-electron chi connectivity index (χ0n) is 13.3. The molecule has 1 aliphatic rings. The Balaban J connectivity index is 0.00000208. The number of halogens is 2. The van der Waals surface area contributed by atoms with Gasteiger partial charge in [0, 0.05) is 36.8 Å². The van der Waals surface area contributed by atoms with Crippen molar-refractivity contribution in [3.63, 3.8) is 0 Å². The number of ether oxygens (including phenoxy) is 1. The van der Waals surface area contributed by atoms with Gasteiger partial charge in [-0.2, -0.15) is 0 Å². The maximum atomic E-state index is 11.9. The quantitative estimate of drug-likeness (QED) is 0.896. The predicted octanol–water partition coefficient (Wildman–Crippen LogP) is 2.87. The lowest BCUT2D eigenvalue weighted by Gasteiger charge is -2.36. The molecule has 1 aromatic heterocycles. The summed E-state index contributed by atoms with van der Waals surface area (Å²) in [5, 5.41) is 4.15. The Morgan fingerprint density at radius 3 is 2.92 bits per heavy atom. The first-order valence-corrected chi connectivity index (χ1v) is 7.91. The molecule has 2 aromatic rings. The van der Waals surface area contributed by atoms with Gasteiger partial charge in [-0.15, -0.1) is 12.4 Å². The van der Waals surface area contributed by atoms with Crippen LogP contribution < -0.4 is 15.5 Å². The van der Waals surface area contributed by atoms with Gasteiger partial charge in [-0.05, 0) is 11.6 Å². The number of piperazine rings is 1. The molecule has 1 saturated heterocycles. The molecule has 0 aliphatic carbocycles. The van der Waals surface area contributed by atoms with E-state index in [4.69, 9.17) is 20.8 Å². The zero-order chi connectivity index (χ0) is 16.2. The van der Waals surface area contributed by atoms with Crippen LogP contribution in [0.3, 0.4) is 0 Å². The zero-order valence-corrected chi connectivity index (χ0v) is 14.9. The smallest absolute Gasteiger partial charge is 0.227 e. The summed E-state index contributed by atoms with van der Waals surface area (Å²) in [6.45, 7) is 3.11. The lowest BCUT2D eigenvalue weighted by atomic mass is 10.0. The van der Waals surface area contributed by atoms with Crippen LogP contribution in [0, 0.1) is 0 Å². The minimum Gasteiger partial charge on any atom is -0.490 e. The topological polar surface area (TPSA) is 54.7 Å². The molecule has 130 valence electrons. The molecule has 1 atom stereocenters. The summed E-state index contributed by atoms with van der Waals surface area (Å²) in [5.74, 6) is 0.839. The van der Waals surface area contributed by atoms with Crippen LogP contribution in [0.15, 0.2) is 45.8 Å². The Kier molecular flexibility index (Phi) is 6.69. The molecule has 0 radical (unpaired) electrons. The second-order valence-corrected chi connectivity index (χ2v) is 5.90. The van der Waals surface area contributed by atoms with Gasteiger partial charge in [-0.25, -0.2) is 0 Å². The van der Waals surface area contributed by atoms with E-state index >= 15 is 0 Å². The van der Waals surface area contributed by atoms with Gasteiger partial charge in [0.05, 0.1) is 13.7 Å². The first-order chi connectivity index (χ1) is 11.2. The van der Waals surface area contributed by atoms with Crippen molar-refractivity contribution >= 4 is 24.0 Å². The van der Waals surface area contributed by atoms with Crippen LogP contribution in [0.5, 0.6) is 5.75 Å². The second kappa shape index (κ2) is 8.53. The summed E-state index contributed by atoms with van der Waals surface area (Å²) in [4.78, 5) is 14.1. The third-order valence-electron chi connectivity index (χ3n) is 4.05. The molecule has 7 heteroatoms. The van der Waals surface area contributed by atoms with Gasteiger partial charge < -0.3 is 14.5 Å². The van der Waals surface area contributed by atoms with Crippen LogP contribution in [-0.2, 0) is 6.54 Å². The van der Waals surface area contributed by atoms with Gasteiger partial charge in [0.2, 0.25) is 11.2 Å². The largest absolute Gasteiger partial charge is 0.490 e. The highest BCUT2D eigenvalue weighted by Crippen LogP contribution is 2.29. The Bertz CT molecular complexity index is 736. The molecule has 1 fully saturated rings. The van der Waals surface area contributed by atoms with Crippen LogP contribution >= 0.6 is 24.0 Å². The first kappa shape index (κ1) is 18.8. The third-order valence-corrected chi connectivity index (χ3v) is 4.39. The van der Waals surface area contributed by atoms with Crippen molar-refractivity contribution in [2.45, 2.75) is 12.6 Å². The highest BCUT2D eigenvalue weighted by Gasteiger charge is 2.26. The lowest BCUT2D eigenvalue weighted by molar-refractivity contribution is 0.141. The summed E-state index contributed by atoms with van der Waals surface area (Å²) < 4.78 is 10.5. The van der Waals surface area contributed by atoms with Crippen molar-refractivity contribution in [3.05, 3.63) is 63.2 Å². The molecule has 0 spiro atoms. The molecular weight excluding hydrogens is 351 g/mol. The summed E-state index contributed by atoms with van der Waals surface area (Å²) in [7, 11) is 1.45.